The Bertz CT molecular complexity index is 260. The van der Waals surface area contributed by atoms with Gasteiger partial charge >= 0.3 is 0 Å². The van der Waals surface area contributed by atoms with Crippen LogP contribution in [0.25, 0.3) is 0 Å². The molecule has 20 heavy (non-hydrogen) atoms. The molecule has 2 aliphatic heterocycles. The van der Waals surface area contributed by atoms with E-state index in [2.05, 4.69) is 17.1 Å². The summed E-state index contributed by atoms with van der Waals surface area (Å²) in [6.07, 6.45) is 4.13. The molecule has 2 N–H and O–H groups in total. The van der Waals surface area contributed by atoms with Gasteiger partial charge in [0.05, 0.1) is 25.9 Å². The molecular formula is C15H30N2O3. The quantitative estimate of drug-likeness (QED) is 0.636. The Labute approximate surface area is 122 Å². The zero-order valence-corrected chi connectivity index (χ0v) is 12.7. The number of nitrogens with one attached hydrogen (secondary N) is 1. The first-order valence-electron chi connectivity index (χ1n) is 8.05. The smallest absolute Gasteiger partial charge is 0.0702 e. The topological polar surface area (TPSA) is 54.0 Å². The van der Waals surface area contributed by atoms with E-state index in [4.69, 9.17) is 14.6 Å². The van der Waals surface area contributed by atoms with Crippen LogP contribution >= 0.6 is 0 Å². The summed E-state index contributed by atoms with van der Waals surface area (Å²) in [5.74, 6) is 0.669. The fourth-order valence-electron chi connectivity index (χ4n) is 3.26. The molecular weight excluding hydrogens is 256 g/mol. The summed E-state index contributed by atoms with van der Waals surface area (Å²) in [6.45, 7) is 8.82. The molecule has 0 aliphatic carbocycles. The SMILES string of the molecule is CC1CN(CC2CCCO2)CCC1NCCOCCO. The van der Waals surface area contributed by atoms with Gasteiger partial charge in [0, 0.05) is 32.3 Å². The van der Waals surface area contributed by atoms with Crippen LogP contribution in [-0.2, 0) is 9.47 Å². The molecule has 0 amide bonds. The summed E-state index contributed by atoms with van der Waals surface area (Å²) in [5, 5.41) is 12.2. The van der Waals surface area contributed by atoms with Gasteiger partial charge in [-0.3, -0.25) is 0 Å². The Balaban J connectivity index is 1.59. The van der Waals surface area contributed by atoms with Crippen LogP contribution < -0.4 is 5.32 Å². The highest BCUT2D eigenvalue weighted by Crippen LogP contribution is 2.20. The lowest BCUT2D eigenvalue weighted by molar-refractivity contribution is 0.0489. The van der Waals surface area contributed by atoms with Crippen LogP contribution in [0.3, 0.4) is 0 Å². The van der Waals surface area contributed by atoms with Gasteiger partial charge in [0.15, 0.2) is 0 Å². The minimum atomic E-state index is 0.109. The van der Waals surface area contributed by atoms with Crippen LogP contribution in [0.15, 0.2) is 0 Å². The molecule has 2 rings (SSSR count). The van der Waals surface area contributed by atoms with Crippen LogP contribution in [0, 0.1) is 5.92 Å². The number of likely N-dealkylation sites (tertiary alicyclic amines) is 1. The predicted molar refractivity (Wildman–Crippen MR) is 78.9 cm³/mol. The van der Waals surface area contributed by atoms with E-state index >= 15 is 0 Å². The lowest BCUT2D eigenvalue weighted by atomic mass is 9.93. The van der Waals surface area contributed by atoms with Crippen molar-refractivity contribution in [2.45, 2.75) is 38.3 Å². The Morgan fingerprint density at radius 3 is 2.95 bits per heavy atom. The maximum absolute atomic E-state index is 8.64. The van der Waals surface area contributed by atoms with Gasteiger partial charge < -0.3 is 24.8 Å². The van der Waals surface area contributed by atoms with Gasteiger partial charge in [0.1, 0.15) is 0 Å². The molecule has 0 saturated carbocycles. The van der Waals surface area contributed by atoms with Crippen LogP contribution in [0.5, 0.6) is 0 Å². The molecule has 5 heteroatoms. The zero-order chi connectivity index (χ0) is 14.2. The molecule has 0 spiro atoms. The number of aliphatic hydroxyl groups is 1. The molecule has 118 valence electrons. The highest BCUT2D eigenvalue weighted by Gasteiger charge is 2.28. The second-order valence-electron chi connectivity index (χ2n) is 6.06. The zero-order valence-electron chi connectivity index (χ0n) is 12.7. The van der Waals surface area contributed by atoms with E-state index in [0.29, 0.717) is 31.3 Å². The number of aliphatic hydroxyl groups excluding tert-OH is 1. The molecule has 5 nitrogen and oxygen atoms in total. The van der Waals surface area contributed by atoms with Crippen LogP contribution in [0.4, 0.5) is 0 Å². The molecule has 0 aromatic rings. The molecule has 3 unspecified atom stereocenters. The lowest BCUT2D eigenvalue weighted by Gasteiger charge is -2.38. The second kappa shape index (κ2) is 8.95. The van der Waals surface area contributed by atoms with Gasteiger partial charge in [-0.1, -0.05) is 6.92 Å². The van der Waals surface area contributed by atoms with Crippen molar-refractivity contribution in [1.82, 2.24) is 10.2 Å². The number of nitrogens with zero attached hydrogens (tertiary/aromatic N) is 1. The number of hydrogen-bond acceptors (Lipinski definition) is 5. The average Bonchev–Trinajstić information content (AvgIpc) is 2.93. The molecule has 0 bridgehead atoms. The molecule has 2 aliphatic rings. The third-order valence-corrected chi connectivity index (χ3v) is 4.36. The summed E-state index contributed by atoms with van der Waals surface area (Å²) in [5.41, 5.74) is 0. The maximum Gasteiger partial charge on any atom is 0.0702 e. The van der Waals surface area contributed by atoms with Crippen LogP contribution in [-0.4, -0.2) is 74.8 Å². The first kappa shape index (κ1) is 16.2. The normalized spacial score (nSPS) is 31.8. The molecule has 2 heterocycles. The standard InChI is InChI=1S/C15H30N2O3/c1-13-11-17(12-14-3-2-8-20-14)6-4-15(13)16-5-9-19-10-7-18/h13-16,18H,2-12H2,1H3. The van der Waals surface area contributed by atoms with E-state index in [1.165, 1.54) is 25.8 Å². The molecule has 2 saturated heterocycles. The fourth-order valence-corrected chi connectivity index (χ4v) is 3.26. The van der Waals surface area contributed by atoms with Gasteiger partial charge in [-0.2, -0.15) is 0 Å². The molecule has 0 aromatic carbocycles. The molecule has 0 aromatic heterocycles. The summed E-state index contributed by atoms with van der Waals surface area (Å²) >= 11 is 0. The van der Waals surface area contributed by atoms with E-state index in [0.717, 1.165) is 26.2 Å². The average molecular weight is 286 g/mol. The number of piperidine rings is 1. The van der Waals surface area contributed by atoms with Gasteiger partial charge in [0.25, 0.3) is 0 Å². The van der Waals surface area contributed by atoms with Gasteiger partial charge in [-0.25, -0.2) is 0 Å². The minimum Gasteiger partial charge on any atom is -0.394 e. The highest BCUT2D eigenvalue weighted by molar-refractivity contribution is 4.84. The largest absolute Gasteiger partial charge is 0.394 e. The van der Waals surface area contributed by atoms with E-state index < -0.39 is 0 Å². The Kier molecular flexibility index (Phi) is 7.24. The summed E-state index contributed by atoms with van der Waals surface area (Å²) in [6, 6.07) is 0.591. The Morgan fingerprint density at radius 1 is 1.35 bits per heavy atom. The maximum atomic E-state index is 8.64. The molecule has 3 atom stereocenters. The fraction of sp³-hybridized carbons (Fsp3) is 1.00. The first-order chi connectivity index (χ1) is 9.79. The molecule has 2 fully saturated rings. The van der Waals surface area contributed by atoms with Gasteiger partial charge in [0.2, 0.25) is 0 Å². The second-order valence-corrected chi connectivity index (χ2v) is 6.06. The summed E-state index contributed by atoms with van der Waals surface area (Å²) in [7, 11) is 0. The van der Waals surface area contributed by atoms with Crippen molar-refractivity contribution in [1.29, 1.82) is 0 Å². The Morgan fingerprint density at radius 2 is 2.25 bits per heavy atom. The van der Waals surface area contributed by atoms with Crippen molar-refractivity contribution in [3.63, 3.8) is 0 Å². The number of rotatable bonds is 8. The number of hydrogen-bond donors (Lipinski definition) is 2. The van der Waals surface area contributed by atoms with Crippen molar-refractivity contribution in [2.75, 3.05) is 52.6 Å². The molecule has 0 radical (unpaired) electrons. The van der Waals surface area contributed by atoms with Crippen molar-refractivity contribution in [3.05, 3.63) is 0 Å². The van der Waals surface area contributed by atoms with Crippen LogP contribution in [0.2, 0.25) is 0 Å². The van der Waals surface area contributed by atoms with E-state index in [1.807, 2.05) is 0 Å². The van der Waals surface area contributed by atoms with E-state index in [1.54, 1.807) is 0 Å². The Hall–Kier alpha value is -0.200. The monoisotopic (exact) mass is 286 g/mol. The van der Waals surface area contributed by atoms with Crippen molar-refractivity contribution >= 4 is 0 Å². The van der Waals surface area contributed by atoms with Crippen molar-refractivity contribution < 1.29 is 14.6 Å². The first-order valence-corrected chi connectivity index (χ1v) is 8.05. The lowest BCUT2D eigenvalue weighted by Crippen LogP contribution is -2.50. The highest BCUT2D eigenvalue weighted by atomic mass is 16.5. The van der Waals surface area contributed by atoms with Gasteiger partial charge in [-0.15, -0.1) is 0 Å². The van der Waals surface area contributed by atoms with E-state index in [-0.39, 0.29) is 6.61 Å². The minimum absolute atomic E-state index is 0.109. The predicted octanol–water partition coefficient (Wildman–Crippen LogP) is 0.474. The van der Waals surface area contributed by atoms with E-state index in [9.17, 15) is 0 Å². The summed E-state index contributed by atoms with van der Waals surface area (Å²) < 4.78 is 11.0. The van der Waals surface area contributed by atoms with Crippen molar-refractivity contribution in [3.8, 4) is 0 Å². The third-order valence-electron chi connectivity index (χ3n) is 4.36. The third kappa shape index (κ3) is 5.30. The van der Waals surface area contributed by atoms with Crippen LogP contribution in [0.1, 0.15) is 26.2 Å². The van der Waals surface area contributed by atoms with Gasteiger partial charge in [-0.05, 0) is 31.7 Å². The summed E-state index contributed by atoms with van der Waals surface area (Å²) in [4.78, 5) is 2.56. The number of ether oxygens (including phenoxy) is 2. The van der Waals surface area contributed by atoms with Crippen molar-refractivity contribution in [2.24, 2.45) is 5.92 Å².